The van der Waals surface area contributed by atoms with Crippen molar-refractivity contribution in [3.8, 4) is 44.5 Å². The lowest BCUT2D eigenvalue weighted by atomic mass is 9.66. The first-order chi connectivity index (χ1) is 39.7. The molecule has 1 aliphatic carbocycles. The highest BCUT2D eigenvalue weighted by molar-refractivity contribution is 6.25. The maximum Gasteiger partial charge on any atom is 0.143 e. The maximum absolute atomic E-state index is 7.15. The van der Waals surface area contributed by atoms with Crippen LogP contribution in [-0.2, 0) is 5.41 Å². The van der Waals surface area contributed by atoms with Gasteiger partial charge in [-0.1, -0.05) is 245 Å². The molecular weight excluding hydrogens is 983 g/mol. The van der Waals surface area contributed by atoms with Gasteiger partial charge in [-0.15, -0.1) is 0 Å². The third-order valence-electron chi connectivity index (χ3n) is 18.9. The summed E-state index contributed by atoms with van der Waals surface area (Å²) in [6, 6.07) is 95.9. The zero-order chi connectivity index (χ0) is 54.4. The van der Waals surface area contributed by atoms with Gasteiger partial charge in [-0.2, -0.15) is 0 Å². The van der Waals surface area contributed by atoms with Crippen LogP contribution in [0.1, 0.15) is 69.1 Å². The number of hydrogen-bond donors (Lipinski definition) is 0. The summed E-state index contributed by atoms with van der Waals surface area (Å²) in [5.74, 6) is 0.449. The van der Waals surface area contributed by atoms with E-state index in [1.54, 1.807) is 0 Å². The van der Waals surface area contributed by atoms with Crippen LogP contribution in [0.3, 0.4) is 0 Å². The van der Waals surface area contributed by atoms with Gasteiger partial charge in [0.05, 0.1) is 0 Å². The smallest absolute Gasteiger partial charge is 0.143 e. The van der Waals surface area contributed by atoms with Crippen molar-refractivity contribution in [1.29, 1.82) is 0 Å². The number of para-hydroxylation sites is 2. The predicted octanol–water partition coefficient (Wildman–Crippen LogP) is 22.0. The van der Waals surface area contributed by atoms with Crippen molar-refractivity contribution in [3.05, 3.63) is 278 Å². The number of rotatable bonds is 8. The first kappa shape index (κ1) is 48.7. The molecular formula is C78H61NO2. The van der Waals surface area contributed by atoms with Gasteiger partial charge in [-0.25, -0.2) is 0 Å². The van der Waals surface area contributed by atoms with Crippen LogP contribution < -0.4 is 4.90 Å². The topological polar surface area (TPSA) is 29.5 Å². The molecule has 0 spiro atoms. The largest absolute Gasteiger partial charge is 0.455 e. The molecule has 4 atom stereocenters. The van der Waals surface area contributed by atoms with Crippen LogP contribution in [0, 0.1) is 0 Å². The van der Waals surface area contributed by atoms with Crippen molar-refractivity contribution in [2.45, 2.75) is 63.3 Å². The Hall–Kier alpha value is -9.44. The molecule has 81 heavy (non-hydrogen) atoms. The van der Waals surface area contributed by atoms with E-state index in [4.69, 9.17) is 8.83 Å². The van der Waals surface area contributed by atoms with Crippen LogP contribution in [0.5, 0.6) is 0 Å². The standard InChI is InChI=1S/C78H61NO2/c1-50-56-27-18-28-57(47-56)51(2)78(4,46-45-77(50,3)60-29-12-7-13-30-60)79(61-41-37-54(38-42-61)65-33-19-35-67-71-63-31-16-14-25-58(63)48-69(75(71)80-73(65)67)52-21-8-5-9-22-52)62-43-39-55(40-44-62)66-34-20-36-68-72-64-32-17-15-26-59(64)49-70(76(72)81-74(66)68)53-23-10-6-11-24-53/h5-44,47-51H,45-46H2,1-4H3. The van der Waals surface area contributed by atoms with Crippen molar-refractivity contribution >= 4 is 76.8 Å². The van der Waals surface area contributed by atoms with Crippen LogP contribution in [0.4, 0.5) is 11.4 Å². The van der Waals surface area contributed by atoms with Gasteiger partial charge in [-0.05, 0) is 128 Å². The summed E-state index contributed by atoms with van der Waals surface area (Å²) >= 11 is 0. The average Bonchev–Trinajstić information content (AvgIpc) is 3.43. The van der Waals surface area contributed by atoms with Crippen LogP contribution in [0.2, 0.25) is 0 Å². The Kier molecular flexibility index (Phi) is 11.5. The Bertz CT molecular complexity index is 4450. The summed E-state index contributed by atoms with van der Waals surface area (Å²) in [6.45, 7) is 9.91. The summed E-state index contributed by atoms with van der Waals surface area (Å²) in [5, 5.41) is 9.34. The van der Waals surface area contributed by atoms with E-state index in [9.17, 15) is 0 Å². The van der Waals surface area contributed by atoms with E-state index in [0.717, 1.165) is 113 Å². The van der Waals surface area contributed by atoms with Gasteiger partial charge in [0.2, 0.25) is 0 Å². The molecule has 3 heteroatoms. The molecule has 4 unspecified atom stereocenters. The molecule has 0 fully saturated rings. The molecule has 0 aliphatic heterocycles. The normalized spacial score (nSPS) is 18.4. The first-order valence-corrected chi connectivity index (χ1v) is 28.7. The highest BCUT2D eigenvalue weighted by atomic mass is 16.3. The third kappa shape index (κ3) is 7.85. The van der Waals surface area contributed by atoms with Gasteiger partial charge in [0.15, 0.2) is 0 Å². The molecule has 390 valence electrons. The van der Waals surface area contributed by atoms with E-state index in [1.165, 1.54) is 38.2 Å². The second kappa shape index (κ2) is 19.1. The molecule has 1 aliphatic rings. The Morgan fingerprint density at radius 1 is 0.346 bits per heavy atom. The Morgan fingerprint density at radius 2 is 0.753 bits per heavy atom. The molecule has 12 aromatic carbocycles. The molecule has 0 N–H and O–H groups in total. The van der Waals surface area contributed by atoms with Crippen molar-refractivity contribution in [2.75, 3.05) is 4.90 Å². The van der Waals surface area contributed by atoms with Crippen LogP contribution in [0.25, 0.3) is 110 Å². The van der Waals surface area contributed by atoms with Gasteiger partial charge in [0.25, 0.3) is 0 Å². The molecule has 0 amide bonds. The molecule has 0 saturated carbocycles. The quantitative estimate of drug-likeness (QED) is 0.152. The fourth-order valence-electron chi connectivity index (χ4n) is 14.0. The van der Waals surface area contributed by atoms with Crippen LogP contribution >= 0.6 is 0 Å². The fourth-order valence-corrected chi connectivity index (χ4v) is 14.0. The molecule has 2 aromatic heterocycles. The minimum absolute atomic E-state index is 0.126. The highest BCUT2D eigenvalue weighted by Gasteiger charge is 2.45. The minimum Gasteiger partial charge on any atom is -0.455 e. The zero-order valence-corrected chi connectivity index (χ0v) is 46.2. The number of nitrogens with zero attached hydrogens (tertiary/aromatic N) is 1. The lowest BCUT2D eigenvalue weighted by molar-refractivity contribution is 0.285. The number of furan rings is 2. The Balaban J connectivity index is 0.889. The molecule has 2 bridgehead atoms. The van der Waals surface area contributed by atoms with E-state index in [2.05, 4.69) is 293 Å². The van der Waals surface area contributed by atoms with E-state index in [0.29, 0.717) is 5.92 Å². The monoisotopic (exact) mass is 1040 g/mol. The number of hydrogen-bond acceptors (Lipinski definition) is 3. The lowest BCUT2D eigenvalue weighted by Crippen LogP contribution is -2.48. The summed E-state index contributed by atoms with van der Waals surface area (Å²) < 4.78 is 14.3. The Labute approximate surface area is 473 Å². The summed E-state index contributed by atoms with van der Waals surface area (Å²) in [6.07, 6.45) is 1.93. The second-order valence-electron chi connectivity index (χ2n) is 23.2. The number of anilines is 2. The lowest BCUT2D eigenvalue weighted by Gasteiger charge is -2.49. The molecule has 0 saturated heterocycles. The predicted molar refractivity (Wildman–Crippen MR) is 341 cm³/mol. The van der Waals surface area contributed by atoms with Gasteiger partial charge in [0.1, 0.15) is 22.3 Å². The molecule has 3 nitrogen and oxygen atoms in total. The van der Waals surface area contributed by atoms with Crippen molar-refractivity contribution in [1.82, 2.24) is 0 Å². The van der Waals surface area contributed by atoms with E-state index in [-0.39, 0.29) is 16.9 Å². The summed E-state index contributed by atoms with van der Waals surface area (Å²) in [7, 11) is 0. The van der Waals surface area contributed by atoms with Crippen molar-refractivity contribution in [3.63, 3.8) is 0 Å². The van der Waals surface area contributed by atoms with E-state index < -0.39 is 0 Å². The van der Waals surface area contributed by atoms with Crippen molar-refractivity contribution < 1.29 is 8.83 Å². The molecule has 2 heterocycles. The van der Waals surface area contributed by atoms with Gasteiger partial charge < -0.3 is 13.7 Å². The first-order valence-electron chi connectivity index (χ1n) is 28.7. The van der Waals surface area contributed by atoms with Crippen LogP contribution in [0.15, 0.2) is 270 Å². The van der Waals surface area contributed by atoms with E-state index >= 15 is 0 Å². The molecule has 15 rings (SSSR count). The average molecular weight is 1040 g/mol. The van der Waals surface area contributed by atoms with Crippen molar-refractivity contribution in [2.24, 2.45) is 0 Å². The van der Waals surface area contributed by atoms with E-state index in [1.807, 2.05) is 0 Å². The number of benzene rings is 12. The zero-order valence-electron chi connectivity index (χ0n) is 46.2. The maximum atomic E-state index is 7.15. The van der Waals surface area contributed by atoms with Gasteiger partial charge in [-0.3, -0.25) is 0 Å². The number of fused-ring (bicyclic) bond motifs is 12. The highest BCUT2D eigenvalue weighted by Crippen LogP contribution is 2.53. The minimum atomic E-state index is -0.386. The fraction of sp³-hybridized carbons (Fsp3) is 0.128. The van der Waals surface area contributed by atoms with Crippen LogP contribution in [-0.4, -0.2) is 5.54 Å². The van der Waals surface area contributed by atoms with Gasteiger partial charge >= 0.3 is 0 Å². The second-order valence-corrected chi connectivity index (χ2v) is 23.2. The summed E-state index contributed by atoms with van der Waals surface area (Å²) in [4.78, 5) is 2.67. The third-order valence-corrected chi connectivity index (χ3v) is 18.9. The molecule has 14 aromatic rings. The molecule has 0 radical (unpaired) electrons. The SMILES string of the molecule is CC1c2cccc(c2)C(C)C(C)(N(c2ccc(-c3cccc4c3oc3c(-c5ccccc5)cc5ccccc5c34)cc2)c2ccc(-c3cccc4c3oc3c(-c5ccccc5)cc5ccccc5c34)cc2)CCC1(C)c1ccccc1. The Morgan fingerprint density at radius 3 is 1.25 bits per heavy atom. The summed E-state index contributed by atoms with van der Waals surface area (Å²) in [5.41, 5.74) is 18.4. The van der Waals surface area contributed by atoms with Gasteiger partial charge in [0, 0.05) is 66.6 Å².